The minimum Gasteiger partial charge on any atom is -0.342 e. The number of nitrogens with zero attached hydrogens (tertiary/aromatic N) is 3. The molecule has 3 heterocycles. The minimum absolute atomic E-state index is 0.0522. The summed E-state index contributed by atoms with van der Waals surface area (Å²) in [5.41, 5.74) is 1.51. The van der Waals surface area contributed by atoms with Crippen molar-refractivity contribution in [2.75, 3.05) is 26.2 Å². The number of benzene rings is 2. The van der Waals surface area contributed by atoms with E-state index in [0.29, 0.717) is 42.6 Å². The molecule has 1 spiro atoms. The number of fused-ring (bicyclic) bond motifs is 1. The minimum atomic E-state index is -0.707. The van der Waals surface area contributed by atoms with Crippen LogP contribution in [0.5, 0.6) is 0 Å². The van der Waals surface area contributed by atoms with E-state index in [9.17, 15) is 18.8 Å². The fourth-order valence-corrected chi connectivity index (χ4v) is 6.07. The first-order valence-corrected chi connectivity index (χ1v) is 12.5. The normalized spacial score (nSPS) is 21.2. The average molecular weight is 478 g/mol. The molecule has 35 heavy (non-hydrogen) atoms. The molecule has 0 bridgehead atoms. The molecule has 0 N–H and O–H groups in total. The van der Waals surface area contributed by atoms with Gasteiger partial charge in [-0.2, -0.15) is 0 Å². The van der Waals surface area contributed by atoms with E-state index >= 15 is 0 Å². The number of halogens is 1. The highest BCUT2D eigenvalue weighted by Crippen LogP contribution is 2.49. The van der Waals surface area contributed by atoms with Crippen molar-refractivity contribution in [1.29, 1.82) is 0 Å². The van der Waals surface area contributed by atoms with Crippen molar-refractivity contribution in [3.8, 4) is 0 Å². The molecule has 0 saturated carbocycles. The lowest BCUT2D eigenvalue weighted by Gasteiger charge is -2.57. The van der Waals surface area contributed by atoms with Gasteiger partial charge in [-0.05, 0) is 69.4 Å². The van der Waals surface area contributed by atoms with Crippen LogP contribution in [0.15, 0.2) is 42.5 Å². The third kappa shape index (κ3) is 3.72. The van der Waals surface area contributed by atoms with Gasteiger partial charge < -0.3 is 14.7 Å². The molecule has 0 aliphatic carbocycles. The van der Waals surface area contributed by atoms with Gasteiger partial charge in [0.1, 0.15) is 5.82 Å². The van der Waals surface area contributed by atoms with E-state index in [4.69, 9.17) is 0 Å². The third-order valence-corrected chi connectivity index (χ3v) is 8.00. The largest absolute Gasteiger partial charge is 0.342 e. The van der Waals surface area contributed by atoms with Crippen LogP contribution in [0.3, 0.4) is 0 Å². The quantitative estimate of drug-likeness (QED) is 0.672. The van der Waals surface area contributed by atoms with Crippen LogP contribution < -0.4 is 0 Å². The Hall–Kier alpha value is -3.22. The summed E-state index contributed by atoms with van der Waals surface area (Å²) >= 11 is 0. The number of carbonyl (C=O) groups is 3. The van der Waals surface area contributed by atoms with Crippen LogP contribution in [-0.4, -0.2) is 70.2 Å². The van der Waals surface area contributed by atoms with Gasteiger partial charge in [0.2, 0.25) is 5.91 Å². The van der Waals surface area contributed by atoms with Gasteiger partial charge in [-0.15, -0.1) is 0 Å². The second kappa shape index (κ2) is 8.77. The number of amides is 3. The number of hydrogen-bond acceptors (Lipinski definition) is 3. The summed E-state index contributed by atoms with van der Waals surface area (Å²) < 4.78 is 14.1. The summed E-state index contributed by atoms with van der Waals surface area (Å²) in [7, 11) is 0. The van der Waals surface area contributed by atoms with Crippen molar-refractivity contribution in [3.63, 3.8) is 0 Å². The summed E-state index contributed by atoms with van der Waals surface area (Å²) in [6.45, 7) is 7.94. The third-order valence-electron chi connectivity index (χ3n) is 8.00. The fraction of sp³-hybridized carbons (Fsp3) is 0.464. The number of aryl methyl sites for hydroxylation is 1. The molecule has 2 saturated heterocycles. The van der Waals surface area contributed by atoms with Crippen LogP contribution in [0.4, 0.5) is 4.39 Å². The van der Waals surface area contributed by atoms with Crippen molar-refractivity contribution < 1.29 is 18.8 Å². The Morgan fingerprint density at radius 3 is 2.29 bits per heavy atom. The molecule has 6 nitrogen and oxygen atoms in total. The number of rotatable bonds is 3. The standard InChI is InChI=1S/C28H32FN3O3/c1-18(2)32-26(34)22-8-5-4-7-21(22)24(27(35)30-13-6-14-30)28(32)11-15-31(16-12-28)25(33)20-10-9-19(3)23(29)17-20/h4-5,7-10,17-18,24H,6,11-16H2,1-3H3. The van der Waals surface area contributed by atoms with Gasteiger partial charge in [-0.25, -0.2) is 4.39 Å². The van der Waals surface area contributed by atoms with Gasteiger partial charge in [-0.1, -0.05) is 24.3 Å². The van der Waals surface area contributed by atoms with E-state index in [1.807, 2.05) is 47.9 Å². The molecule has 1 atom stereocenters. The maximum Gasteiger partial charge on any atom is 0.254 e. The van der Waals surface area contributed by atoms with E-state index in [0.717, 1.165) is 25.1 Å². The molecular formula is C28H32FN3O3. The van der Waals surface area contributed by atoms with Gasteiger partial charge in [0.05, 0.1) is 11.5 Å². The van der Waals surface area contributed by atoms with Crippen molar-refractivity contribution in [1.82, 2.24) is 14.7 Å². The second-order valence-electron chi connectivity index (χ2n) is 10.3. The van der Waals surface area contributed by atoms with Crippen LogP contribution >= 0.6 is 0 Å². The number of hydrogen-bond donors (Lipinski definition) is 0. The Kier molecular flexibility index (Phi) is 5.90. The van der Waals surface area contributed by atoms with Crippen LogP contribution in [0.1, 0.15) is 70.9 Å². The van der Waals surface area contributed by atoms with Crippen LogP contribution in [0, 0.1) is 12.7 Å². The van der Waals surface area contributed by atoms with Crippen LogP contribution in [0.25, 0.3) is 0 Å². The summed E-state index contributed by atoms with van der Waals surface area (Å²) in [4.78, 5) is 46.3. The van der Waals surface area contributed by atoms with Crippen molar-refractivity contribution in [3.05, 3.63) is 70.5 Å². The maximum atomic E-state index is 14.1. The highest BCUT2D eigenvalue weighted by molar-refractivity contribution is 6.02. The number of likely N-dealkylation sites (tertiary alicyclic amines) is 2. The number of piperidine rings is 1. The lowest BCUT2D eigenvalue weighted by molar-refractivity contribution is -0.142. The molecule has 0 aromatic heterocycles. The molecule has 7 heteroatoms. The lowest BCUT2D eigenvalue weighted by Crippen LogP contribution is -2.68. The molecular weight excluding hydrogens is 445 g/mol. The van der Waals surface area contributed by atoms with Gasteiger partial charge in [0.15, 0.2) is 0 Å². The van der Waals surface area contributed by atoms with Gasteiger partial charge in [0, 0.05) is 43.3 Å². The summed E-state index contributed by atoms with van der Waals surface area (Å²) in [6, 6.07) is 11.9. The maximum absolute atomic E-state index is 14.1. The molecule has 2 aromatic carbocycles. The zero-order valence-corrected chi connectivity index (χ0v) is 20.6. The smallest absolute Gasteiger partial charge is 0.254 e. The molecule has 3 amide bonds. The topological polar surface area (TPSA) is 60.9 Å². The molecule has 1 unspecified atom stereocenters. The molecule has 2 aromatic rings. The SMILES string of the molecule is Cc1ccc(C(=O)N2CCC3(CC2)C(C(=O)N2CCC2)c2ccccc2C(=O)N3C(C)C)cc1F. The highest BCUT2D eigenvalue weighted by Gasteiger charge is 2.57. The van der Waals surface area contributed by atoms with E-state index in [1.54, 1.807) is 24.0 Å². The van der Waals surface area contributed by atoms with Gasteiger partial charge in [0.25, 0.3) is 11.8 Å². The molecule has 184 valence electrons. The van der Waals surface area contributed by atoms with Gasteiger partial charge >= 0.3 is 0 Å². The Bertz CT molecular complexity index is 1180. The Morgan fingerprint density at radius 1 is 1.00 bits per heavy atom. The van der Waals surface area contributed by atoms with Crippen molar-refractivity contribution in [2.24, 2.45) is 0 Å². The lowest BCUT2D eigenvalue weighted by atomic mass is 9.66. The van der Waals surface area contributed by atoms with Gasteiger partial charge in [-0.3, -0.25) is 14.4 Å². The first-order chi connectivity index (χ1) is 16.7. The average Bonchev–Trinajstić information content (AvgIpc) is 2.80. The molecule has 5 rings (SSSR count). The summed E-state index contributed by atoms with van der Waals surface area (Å²) in [6.07, 6.45) is 1.99. The first kappa shape index (κ1) is 23.5. The Labute approximate surface area is 205 Å². The van der Waals surface area contributed by atoms with Crippen LogP contribution in [0.2, 0.25) is 0 Å². The fourth-order valence-electron chi connectivity index (χ4n) is 6.07. The predicted molar refractivity (Wildman–Crippen MR) is 131 cm³/mol. The second-order valence-corrected chi connectivity index (χ2v) is 10.3. The number of carbonyl (C=O) groups excluding carboxylic acids is 3. The Balaban J connectivity index is 1.51. The highest BCUT2D eigenvalue weighted by atomic mass is 19.1. The molecule has 2 fully saturated rings. The summed E-state index contributed by atoms with van der Waals surface area (Å²) in [5.74, 6) is -1.06. The monoisotopic (exact) mass is 477 g/mol. The Morgan fingerprint density at radius 2 is 1.69 bits per heavy atom. The van der Waals surface area contributed by atoms with E-state index < -0.39 is 17.3 Å². The predicted octanol–water partition coefficient (Wildman–Crippen LogP) is 3.99. The van der Waals surface area contributed by atoms with E-state index in [1.165, 1.54) is 6.07 Å². The zero-order valence-electron chi connectivity index (χ0n) is 20.6. The zero-order chi connectivity index (χ0) is 24.9. The molecule has 3 aliphatic rings. The van der Waals surface area contributed by atoms with Crippen LogP contribution in [-0.2, 0) is 4.79 Å². The summed E-state index contributed by atoms with van der Waals surface area (Å²) in [5, 5.41) is 0. The van der Waals surface area contributed by atoms with Crippen molar-refractivity contribution in [2.45, 2.75) is 57.5 Å². The van der Waals surface area contributed by atoms with E-state index in [2.05, 4.69) is 0 Å². The van der Waals surface area contributed by atoms with Crippen molar-refractivity contribution >= 4 is 17.7 Å². The molecule has 0 radical (unpaired) electrons. The molecule has 3 aliphatic heterocycles. The van der Waals surface area contributed by atoms with E-state index in [-0.39, 0.29) is 23.8 Å². The first-order valence-electron chi connectivity index (χ1n) is 12.5.